The van der Waals surface area contributed by atoms with Gasteiger partial charge in [-0.2, -0.15) is 10.2 Å². The minimum atomic E-state index is -0.496. The number of benzene rings is 2. The standard InChI is InChI=1S/C20H19N5O5/c1-2-30-19-8-5-15(11-18(19)26)12-21-22-20(27)17-9-10-24(23-17)13-14-3-6-16(7-4-14)25(28)29/h3-12,26H,2,13H2,1H3,(H,22,27)/b21-12-. The van der Waals surface area contributed by atoms with Crippen LogP contribution in [0, 0.1) is 10.1 Å². The van der Waals surface area contributed by atoms with Gasteiger partial charge in [0.25, 0.3) is 11.6 Å². The van der Waals surface area contributed by atoms with Crippen molar-refractivity contribution in [2.24, 2.45) is 5.10 Å². The highest BCUT2D eigenvalue weighted by atomic mass is 16.6. The third kappa shape index (κ3) is 5.19. The molecule has 30 heavy (non-hydrogen) atoms. The van der Waals surface area contributed by atoms with Crippen molar-refractivity contribution in [3.63, 3.8) is 0 Å². The van der Waals surface area contributed by atoms with Gasteiger partial charge in [-0.05, 0) is 42.3 Å². The van der Waals surface area contributed by atoms with Gasteiger partial charge in [-0.15, -0.1) is 0 Å². The van der Waals surface area contributed by atoms with Gasteiger partial charge in [0.15, 0.2) is 17.2 Å². The number of hydrogen-bond donors (Lipinski definition) is 2. The van der Waals surface area contributed by atoms with Crippen LogP contribution < -0.4 is 10.2 Å². The van der Waals surface area contributed by atoms with Crippen molar-refractivity contribution >= 4 is 17.8 Å². The molecule has 0 bridgehead atoms. The van der Waals surface area contributed by atoms with E-state index in [0.717, 1.165) is 5.56 Å². The van der Waals surface area contributed by atoms with E-state index in [-0.39, 0.29) is 17.1 Å². The molecule has 0 saturated heterocycles. The molecule has 2 N–H and O–H groups in total. The first-order valence-corrected chi connectivity index (χ1v) is 9.02. The fraction of sp³-hybridized carbons (Fsp3) is 0.150. The van der Waals surface area contributed by atoms with Gasteiger partial charge in [-0.1, -0.05) is 12.1 Å². The van der Waals surface area contributed by atoms with Crippen LogP contribution in [0.3, 0.4) is 0 Å². The minimum Gasteiger partial charge on any atom is -0.504 e. The van der Waals surface area contributed by atoms with Gasteiger partial charge in [0.1, 0.15) is 0 Å². The lowest BCUT2D eigenvalue weighted by Gasteiger charge is -2.05. The summed E-state index contributed by atoms with van der Waals surface area (Å²) in [4.78, 5) is 22.4. The van der Waals surface area contributed by atoms with E-state index in [4.69, 9.17) is 4.74 Å². The number of hydrazone groups is 1. The van der Waals surface area contributed by atoms with Gasteiger partial charge in [0.05, 0.1) is 24.3 Å². The molecule has 10 nitrogen and oxygen atoms in total. The maximum Gasteiger partial charge on any atom is 0.291 e. The van der Waals surface area contributed by atoms with Crippen LogP contribution in [-0.4, -0.2) is 38.5 Å². The second-order valence-electron chi connectivity index (χ2n) is 6.18. The molecule has 3 rings (SSSR count). The van der Waals surface area contributed by atoms with Crippen molar-refractivity contribution < 1.29 is 19.6 Å². The summed E-state index contributed by atoms with van der Waals surface area (Å²) in [5.74, 6) is -0.141. The monoisotopic (exact) mass is 409 g/mol. The van der Waals surface area contributed by atoms with Gasteiger partial charge in [-0.3, -0.25) is 19.6 Å². The number of aromatic hydroxyl groups is 1. The molecular weight excluding hydrogens is 390 g/mol. The molecule has 0 aliphatic heterocycles. The number of nitro groups is 1. The Morgan fingerprint density at radius 3 is 2.73 bits per heavy atom. The number of nitro benzene ring substituents is 1. The van der Waals surface area contributed by atoms with E-state index in [2.05, 4.69) is 15.6 Å². The predicted octanol–water partition coefficient (Wildman–Crippen LogP) is 2.71. The van der Waals surface area contributed by atoms with Crippen LogP contribution >= 0.6 is 0 Å². The number of hydrogen-bond acceptors (Lipinski definition) is 7. The minimum absolute atomic E-state index is 0.0120. The number of nitrogens with one attached hydrogen (secondary N) is 1. The first-order valence-electron chi connectivity index (χ1n) is 9.02. The second kappa shape index (κ2) is 9.32. The van der Waals surface area contributed by atoms with E-state index in [1.165, 1.54) is 24.4 Å². The van der Waals surface area contributed by atoms with Crippen LogP contribution in [0.25, 0.3) is 0 Å². The summed E-state index contributed by atoms with van der Waals surface area (Å²) in [5.41, 5.74) is 3.95. The Balaban J connectivity index is 1.57. The first kappa shape index (κ1) is 20.5. The fourth-order valence-electron chi connectivity index (χ4n) is 2.60. The SMILES string of the molecule is CCOc1ccc(/C=N\NC(=O)c2ccn(Cc3ccc([N+](=O)[O-])cc3)n2)cc1O. The summed E-state index contributed by atoms with van der Waals surface area (Å²) in [7, 11) is 0. The topological polar surface area (TPSA) is 132 Å². The summed E-state index contributed by atoms with van der Waals surface area (Å²) >= 11 is 0. The average molecular weight is 409 g/mol. The highest BCUT2D eigenvalue weighted by Crippen LogP contribution is 2.26. The number of phenolic OH excluding ortho intramolecular Hbond substituents is 1. The Morgan fingerprint density at radius 1 is 1.30 bits per heavy atom. The van der Waals surface area contributed by atoms with Gasteiger partial charge in [0, 0.05) is 18.3 Å². The smallest absolute Gasteiger partial charge is 0.291 e. The Bertz CT molecular complexity index is 1080. The molecule has 0 aliphatic carbocycles. The van der Waals surface area contributed by atoms with E-state index in [1.54, 1.807) is 41.2 Å². The molecule has 0 aliphatic rings. The summed E-state index contributed by atoms with van der Waals surface area (Å²) in [6.07, 6.45) is 3.02. The molecule has 154 valence electrons. The number of aromatic nitrogens is 2. The Kier molecular flexibility index (Phi) is 6.38. The van der Waals surface area contributed by atoms with Crippen molar-refractivity contribution in [3.8, 4) is 11.5 Å². The lowest BCUT2D eigenvalue weighted by molar-refractivity contribution is -0.384. The van der Waals surface area contributed by atoms with E-state index in [0.29, 0.717) is 24.5 Å². The van der Waals surface area contributed by atoms with Gasteiger partial charge < -0.3 is 9.84 Å². The largest absolute Gasteiger partial charge is 0.504 e. The molecule has 1 heterocycles. The highest BCUT2D eigenvalue weighted by molar-refractivity contribution is 5.93. The lowest BCUT2D eigenvalue weighted by atomic mass is 10.2. The number of non-ortho nitro benzene ring substituents is 1. The Labute approximate surface area is 171 Å². The number of amides is 1. The van der Waals surface area contributed by atoms with Gasteiger partial charge in [0.2, 0.25) is 0 Å². The summed E-state index contributed by atoms with van der Waals surface area (Å²) in [6.45, 7) is 2.62. The first-order chi connectivity index (χ1) is 14.5. The Hall–Kier alpha value is -4.21. The molecule has 0 spiro atoms. The van der Waals surface area contributed by atoms with Crippen LogP contribution in [-0.2, 0) is 6.54 Å². The van der Waals surface area contributed by atoms with Crippen LogP contribution in [0.15, 0.2) is 59.8 Å². The van der Waals surface area contributed by atoms with Crippen molar-refractivity contribution in [2.75, 3.05) is 6.61 Å². The third-order valence-corrected chi connectivity index (χ3v) is 4.03. The maximum atomic E-state index is 12.2. The summed E-state index contributed by atoms with van der Waals surface area (Å²) in [5, 5.41) is 28.6. The van der Waals surface area contributed by atoms with E-state index < -0.39 is 10.8 Å². The molecule has 0 fully saturated rings. The van der Waals surface area contributed by atoms with Crippen molar-refractivity contribution in [1.82, 2.24) is 15.2 Å². The zero-order valence-electron chi connectivity index (χ0n) is 16.1. The van der Waals surface area contributed by atoms with E-state index >= 15 is 0 Å². The molecule has 1 amide bonds. The molecule has 0 atom stereocenters. The highest BCUT2D eigenvalue weighted by Gasteiger charge is 2.10. The third-order valence-electron chi connectivity index (χ3n) is 4.03. The van der Waals surface area contributed by atoms with Crippen LogP contribution in [0.5, 0.6) is 11.5 Å². The molecular formula is C20H19N5O5. The Morgan fingerprint density at radius 2 is 2.07 bits per heavy atom. The number of ether oxygens (including phenoxy) is 1. The molecule has 0 radical (unpaired) electrons. The van der Waals surface area contributed by atoms with Crippen LogP contribution in [0.4, 0.5) is 5.69 Å². The zero-order valence-corrected chi connectivity index (χ0v) is 16.1. The quantitative estimate of drug-likeness (QED) is 0.334. The van der Waals surface area contributed by atoms with E-state index in [9.17, 15) is 20.0 Å². The number of rotatable bonds is 8. The fourth-order valence-corrected chi connectivity index (χ4v) is 2.60. The number of carbonyl (C=O) groups is 1. The number of nitrogens with zero attached hydrogens (tertiary/aromatic N) is 4. The normalized spacial score (nSPS) is 10.8. The maximum absolute atomic E-state index is 12.2. The van der Waals surface area contributed by atoms with Crippen molar-refractivity contribution in [3.05, 3.63) is 81.7 Å². The predicted molar refractivity (Wildman–Crippen MR) is 109 cm³/mol. The summed E-state index contributed by atoms with van der Waals surface area (Å²) in [6, 6.07) is 12.4. The number of carbonyl (C=O) groups excluding carboxylic acids is 1. The van der Waals surface area contributed by atoms with Crippen molar-refractivity contribution in [2.45, 2.75) is 13.5 Å². The summed E-state index contributed by atoms with van der Waals surface area (Å²) < 4.78 is 6.79. The molecule has 0 saturated carbocycles. The molecule has 2 aromatic carbocycles. The average Bonchev–Trinajstić information content (AvgIpc) is 3.19. The van der Waals surface area contributed by atoms with Gasteiger partial charge >= 0.3 is 0 Å². The second-order valence-corrected chi connectivity index (χ2v) is 6.18. The van der Waals surface area contributed by atoms with Crippen LogP contribution in [0.2, 0.25) is 0 Å². The lowest BCUT2D eigenvalue weighted by Crippen LogP contribution is -2.18. The molecule has 1 aromatic heterocycles. The molecule has 3 aromatic rings. The molecule has 10 heteroatoms. The molecule has 0 unspecified atom stereocenters. The van der Waals surface area contributed by atoms with E-state index in [1.807, 2.05) is 6.92 Å². The van der Waals surface area contributed by atoms with Crippen LogP contribution in [0.1, 0.15) is 28.5 Å². The van der Waals surface area contributed by atoms with Crippen molar-refractivity contribution in [1.29, 1.82) is 0 Å². The zero-order chi connectivity index (χ0) is 21.5. The van der Waals surface area contributed by atoms with Gasteiger partial charge in [-0.25, -0.2) is 5.43 Å². The number of phenols is 1.